The fourth-order valence-corrected chi connectivity index (χ4v) is 2.54. The molecule has 0 saturated carbocycles. The third-order valence-electron chi connectivity index (χ3n) is 3.66. The zero-order valence-corrected chi connectivity index (χ0v) is 10.7. The maximum Gasteiger partial charge on any atom is 0.236 e. The van der Waals surface area contributed by atoms with Crippen molar-refractivity contribution in [3.05, 3.63) is 42.5 Å². The molecule has 0 saturated heterocycles. The number of hydrogen-bond donors (Lipinski definition) is 0. The maximum absolute atomic E-state index is 12.2. The van der Waals surface area contributed by atoms with Gasteiger partial charge < -0.3 is 9.47 Å². The van der Waals surface area contributed by atoms with Gasteiger partial charge in [0.1, 0.15) is 0 Å². The van der Waals surface area contributed by atoms with Crippen LogP contribution in [0.3, 0.4) is 0 Å². The minimum absolute atomic E-state index is 0.139. The molecule has 4 heteroatoms. The molecule has 1 aliphatic rings. The van der Waals surface area contributed by atoms with Gasteiger partial charge in [0.25, 0.3) is 0 Å². The van der Waals surface area contributed by atoms with E-state index in [4.69, 9.17) is 0 Å². The standard InChI is InChI=1S/C14H15N3O/c1-14(2)11-5-4-10(17-7-6-15-9-17)8-12(11)16(3)13(14)18/h4-9H,1-3H3. The van der Waals surface area contributed by atoms with E-state index in [0.29, 0.717) is 0 Å². The SMILES string of the molecule is CN1C(=O)C(C)(C)c2ccc(-n3ccnc3)cc21. The Morgan fingerprint density at radius 2 is 2.06 bits per heavy atom. The number of imidazole rings is 1. The molecular weight excluding hydrogens is 226 g/mol. The van der Waals surface area contributed by atoms with Gasteiger partial charge in [0.05, 0.1) is 11.7 Å². The first-order valence-electron chi connectivity index (χ1n) is 5.93. The summed E-state index contributed by atoms with van der Waals surface area (Å²) in [6, 6.07) is 6.09. The van der Waals surface area contributed by atoms with Gasteiger partial charge in [-0.2, -0.15) is 0 Å². The van der Waals surface area contributed by atoms with Gasteiger partial charge in [0.2, 0.25) is 5.91 Å². The molecule has 0 radical (unpaired) electrons. The third-order valence-corrected chi connectivity index (χ3v) is 3.66. The highest BCUT2D eigenvalue weighted by Crippen LogP contribution is 2.41. The fraction of sp³-hybridized carbons (Fsp3) is 0.286. The summed E-state index contributed by atoms with van der Waals surface area (Å²) in [7, 11) is 1.83. The summed E-state index contributed by atoms with van der Waals surface area (Å²) >= 11 is 0. The lowest BCUT2D eigenvalue weighted by Crippen LogP contribution is -2.33. The molecule has 0 unspecified atom stereocenters. The molecule has 0 bridgehead atoms. The van der Waals surface area contributed by atoms with Crippen molar-refractivity contribution in [3.63, 3.8) is 0 Å². The second kappa shape index (κ2) is 3.45. The van der Waals surface area contributed by atoms with Crippen molar-refractivity contribution in [1.82, 2.24) is 9.55 Å². The molecule has 0 atom stereocenters. The van der Waals surface area contributed by atoms with Crippen molar-refractivity contribution in [2.45, 2.75) is 19.3 Å². The summed E-state index contributed by atoms with van der Waals surface area (Å²) in [6.07, 6.45) is 5.39. The van der Waals surface area contributed by atoms with E-state index in [0.717, 1.165) is 16.9 Å². The van der Waals surface area contributed by atoms with Gasteiger partial charge in [-0.1, -0.05) is 6.07 Å². The van der Waals surface area contributed by atoms with Gasteiger partial charge >= 0.3 is 0 Å². The van der Waals surface area contributed by atoms with Crippen molar-refractivity contribution in [2.24, 2.45) is 0 Å². The first kappa shape index (κ1) is 11.0. The predicted molar refractivity (Wildman–Crippen MR) is 70.0 cm³/mol. The number of aromatic nitrogens is 2. The minimum Gasteiger partial charge on any atom is -0.314 e. The van der Waals surface area contributed by atoms with Crippen LogP contribution in [0.2, 0.25) is 0 Å². The lowest BCUT2D eigenvalue weighted by atomic mass is 9.86. The highest BCUT2D eigenvalue weighted by Gasteiger charge is 2.42. The van der Waals surface area contributed by atoms with Crippen LogP contribution in [0.15, 0.2) is 36.9 Å². The van der Waals surface area contributed by atoms with Crippen LogP contribution < -0.4 is 4.90 Å². The van der Waals surface area contributed by atoms with E-state index in [1.54, 1.807) is 17.4 Å². The molecule has 2 heterocycles. The third kappa shape index (κ3) is 1.32. The van der Waals surface area contributed by atoms with Crippen molar-refractivity contribution in [2.75, 3.05) is 11.9 Å². The number of carbonyl (C=O) groups excluding carboxylic acids is 1. The average Bonchev–Trinajstić information content (AvgIpc) is 2.94. The van der Waals surface area contributed by atoms with E-state index < -0.39 is 5.41 Å². The number of hydrogen-bond acceptors (Lipinski definition) is 2. The van der Waals surface area contributed by atoms with Crippen LogP contribution in [0.25, 0.3) is 5.69 Å². The fourth-order valence-electron chi connectivity index (χ4n) is 2.54. The lowest BCUT2D eigenvalue weighted by molar-refractivity contribution is -0.121. The number of benzene rings is 1. The van der Waals surface area contributed by atoms with Crippen molar-refractivity contribution in [1.29, 1.82) is 0 Å². The number of nitrogens with zero attached hydrogens (tertiary/aromatic N) is 3. The molecular formula is C14H15N3O. The topological polar surface area (TPSA) is 38.1 Å². The second-order valence-corrected chi connectivity index (χ2v) is 5.16. The van der Waals surface area contributed by atoms with Crippen molar-refractivity contribution in [3.8, 4) is 5.69 Å². The van der Waals surface area contributed by atoms with Gasteiger partial charge in [-0.15, -0.1) is 0 Å². The van der Waals surface area contributed by atoms with Crippen LogP contribution in [0.4, 0.5) is 5.69 Å². The van der Waals surface area contributed by atoms with E-state index >= 15 is 0 Å². The molecule has 3 rings (SSSR count). The van der Waals surface area contributed by atoms with E-state index in [2.05, 4.69) is 4.98 Å². The number of rotatable bonds is 1. The van der Waals surface area contributed by atoms with E-state index in [1.807, 2.05) is 49.9 Å². The quantitative estimate of drug-likeness (QED) is 0.767. The molecule has 1 amide bonds. The Kier molecular flexibility index (Phi) is 2.11. The first-order valence-corrected chi connectivity index (χ1v) is 5.93. The number of likely N-dealkylation sites (N-methyl/N-ethyl adjacent to an activating group) is 1. The molecule has 0 spiro atoms. The molecule has 0 N–H and O–H groups in total. The average molecular weight is 241 g/mol. The van der Waals surface area contributed by atoms with Crippen LogP contribution >= 0.6 is 0 Å². The first-order chi connectivity index (χ1) is 8.51. The van der Waals surface area contributed by atoms with Gasteiger partial charge in [-0.3, -0.25) is 4.79 Å². The lowest BCUT2D eigenvalue weighted by Gasteiger charge is -2.16. The molecule has 92 valence electrons. The molecule has 18 heavy (non-hydrogen) atoms. The van der Waals surface area contributed by atoms with Crippen molar-refractivity contribution < 1.29 is 4.79 Å². The normalized spacial score (nSPS) is 17.1. The van der Waals surface area contributed by atoms with Crippen LogP contribution in [0, 0.1) is 0 Å². The Bertz CT molecular complexity index is 614. The van der Waals surface area contributed by atoms with Crippen LogP contribution in [-0.2, 0) is 10.2 Å². The van der Waals surface area contributed by atoms with Crippen LogP contribution in [-0.4, -0.2) is 22.5 Å². The number of carbonyl (C=O) groups is 1. The summed E-state index contributed by atoms with van der Waals surface area (Å²) < 4.78 is 1.93. The van der Waals surface area contributed by atoms with Gasteiger partial charge in [0, 0.05) is 30.8 Å². The maximum atomic E-state index is 12.2. The van der Waals surface area contributed by atoms with Gasteiger partial charge in [0.15, 0.2) is 0 Å². The Balaban J connectivity index is 2.17. The summed E-state index contributed by atoms with van der Waals surface area (Å²) in [5, 5.41) is 0. The highest BCUT2D eigenvalue weighted by molar-refractivity contribution is 6.07. The Morgan fingerprint density at radius 1 is 1.28 bits per heavy atom. The molecule has 4 nitrogen and oxygen atoms in total. The Hall–Kier alpha value is -2.10. The number of anilines is 1. The molecule has 1 aliphatic heterocycles. The van der Waals surface area contributed by atoms with Crippen LogP contribution in [0.1, 0.15) is 19.4 Å². The highest BCUT2D eigenvalue weighted by atomic mass is 16.2. The summed E-state index contributed by atoms with van der Waals surface area (Å²) in [6.45, 7) is 3.93. The molecule has 1 aromatic carbocycles. The largest absolute Gasteiger partial charge is 0.314 e. The van der Waals surface area contributed by atoms with E-state index in [-0.39, 0.29) is 5.91 Å². The van der Waals surface area contributed by atoms with E-state index in [9.17, 15) is 4.79 Å². The predicted octanol–water partition coefficient (Wildman–Crippen LogP) is 2.13. The van der Waals surface area contributed by atoms with Crippen LogP contribution in [0.5, 0.6) is 0 Å². The second-order valence-electron chi connectivity index (χ2n) is 5.16. The van der Waals surface area contributed by atoms with Gasteiger partial charge in [-0.05, 0) is 31.5 Å². The smallest absolute Gasteiger partial charge is 0.236 e. The summed E-state index contributed by atoms with van der Waals surface area (Å²) in [4.78, 5) is 18.0. The molecule has 0 fully saturated rings. The zero-order valence-electron chi connectivity index (χ0n) is 10.7. The number of amides is 1. The van der Waals surface area contributed by atoms with Gasteiger partial charge in [-0.25, -0.2) is 4.98 Å². The minimum atomic E-state index is -0.433. The zero-order chi connectivity index (χ0) is 12.9. The monoisotopic (exact) mass is 241 g/mol. The summed E-state index contributed by atoms with van der Waals surface area (Å²) in [5.41, 5.74) is 2.65. The Labute approximate surface area is 106 Å². The summed E-state index contributed by atoms with van der Waals surface area (Å²) in [5.74, 6) is 0.139. The molecule has 2 aromatic rings. The van der Waals surface area contributed by atoms with Crippen molar-refractivity contribution >= 4 is 11.6 Å². The molecule has 0 aliphatic carbocycles. The molecule has 1 aromatic heterocycles. The Morgan fingerprint density at radius 3 is 2.72 bits per heavy atom. The van der Waals surface area contributed by atoms with E-state index in [1.165, 1.54) is 0 Å². The number of fused-ring (bicyclic) bond motifs is 1.